The van der Waals surface area contributed by atoms with Gasteiger partial charge in [-0.1, -0.05) is 35.7 Å². The highest BCUT2D eigenvalue weighted by Crippen LogP contribution is 2.21. The predicted octanol–water partition coefficient (Wildman–Crippen LogP) is 2.93. The predicted molar refractivity (Wildman–Crippen MR) is 130 cm³/mol. The van der Waals surface area contributed by atoms with Gasteiger partial charge in [-0.25, -0.2) is 9.78 Å². The van der Waals surface area contributed by atoms with Gasteiger partial charge in [0.2, 0.25) is 0 Å². The Bertz CT molecular complexity index is 1170. The van der Waals surface area contributed by atoms with Gasteiger partial charge in [0.05, 0.1) is 5.56 Å². The molecule has 2 aromatic carbocycles. The Morgan fingerprint density at radius 2 is 1.82 bits per heavy atom. The molecule has 4 rings (SSSR count). The van der Waals surface area contributed by atoms with E-state index >= 15 is 0 Å². The van der Waals surface area contributed by atoms with Crippen molar-refractivity contribution in [2.24, 2.45) is 0 Å². The first-order valence-electron chi connectivity index (χ1n) is 11.0. The van der Waals surface area contributed by atoms with E-state index in [1.54, 1.807) is 12.4 Å². The summed E-state index contributed by atoms with van der Waals surface area (Å²) in [5.41, 5.74) is 4.32. The smallest absolute Gasteiger partial charge is 0.373 e. The van der Waals surface area contributed by atoms with Gasteiger partial charge in [0, 0.05) is 28.9 Å². The van der Waals surface area contributed by atoms with Crippen LogP contribution in [-0.2, 0) is 4.79 Å². The third-order valence-electron chi connectivity index (χ3n) is 5.46. The minimum absolute atomic E-state index is 0.608. The summed E-state index contributed by atoms with van der Waals surface area (Å²) in [7, 11) is 0. The molecular formula is C27H25ClN3O2+. The molecule has 1 amide bonds. The minimum atomic E-state index is 0.608. The number of rotatable bonds is 7. The van der Waals surface area contributed by atoms with E-state index in [0.29, 0.717) is 23.7 Å². The van der Waals surface area contributed by atoms with Crippen molar-refractivity contribution in [2.75, 3.05) is 26.2 Å². The van der Waals surface area contributed by atoms with Crippen molar-refractivity contribution >= 4 is 24.2 Å². The zero-order valence-corrected chi connectivity index (χ0v) is 19.0. The first-order chi connectivity index (χ1) is 16.2. The minimum Gasteiger partial charge on any atom is -0.491 e. The van der Waals surface area contributed by atoms with Gasteiger partial charge < -0.3 is 4.74 Å². The normalized spacial score (nSPS) is 13.6. The van der Waals surface area contributed by atoms with Crippen LogP contribution in [0.1, 0.15) is 29.7 Å². The second-order valence-corrected chi connectivity index (χ2v) is 8.20. The molecular weight excluding hydrogens is 434 g/mol. The summed E-state index contributed by atoms with van der Waals surface area (Å²) in [6, 6.07) is 17.2. The van der Waals surface area contributed by atoms with Crippen LogP contribution in [0.15, 0.2) is 60.8 Å². The molecule has 0 saturated carbocycles. The maximum atomic E-state index is 10.8. The summed E-state index contributed by atoms with van der Waals surface area (Å²) in [6.07, 6.45) is 6.58. The quantitative estimate of drug-likeness (QED) is 0.336. The molecule has 1 fully saturated rings. The molecule has 1 aliphatic rings. The van der Waals surface area contributed by atoms with E-state index < -0.39 is 0 Å². The van der Waals surface area contributed by atoms with Crippen LogP contribution in [-0.4, -0.2) is 48.7 Å². The Morgan fingerprint density at radius 1 is 1.03 bits per heavy atom. The largest absolute Gasteiger partial charge is 0.491 e. The van der Waals surface area contributed by atoms with Crippen LogP contribution in [0.4, 0.5) is 0 Å². The van der Waals surface area contributed by atoms with Crippen LogP contribution in [0.25, 0.3) is 11.1 Å². The molecule has 0 atom stereocenters. The lowest BCUT2D eigenvalue weighted by Gasteiger charge is -2.15. The molecule has 0 radical (unpaired) electrons. The number of nitrogens with zero attached hydrogens (tertiary/aromatic N) is 2. The van der Waals surface area contributed by atoms with E-state index in [1.807, 2.05) is 54.6 Å². The summed E-state index contributed by atoms with van der Waals surface area (Å²) >= 11 is 5.96. The summed E-state index contributed by atoms with van der Waals surface area (Å²) in [5.74, 6) is 6.96. The molecule has 1 saturated heterocycles. The van der Waals surface area contributed by atoms with Crippen molar-refractivity contribution in [3.8, 4) is 28.7 Å². The van der Waals surface area contributed by atoms with E-state index in [-0.39, 0.29) is 0 Å². The lowest BCUT2D eigenvalue weighted by Crippen LogP contribution is -2.66. The van der Waals surface area contributed by atoms with Crippen LogP contribution in [0.2, 0.25) is 5.02 Å². The molecule has 5 nitrogen and oxygen atoms in total. The van der Waals surface area contributed by atoms with Gasteiger partial charge >= 0.3 is 6.41 Å². The SMILES string of the molecule is O=C[NH+]=Cc1cc(C#Cc2ccc(-c3ccc(Cl)cc3)cn2)ccc1OCCN1CCCC1. The Kier molecular flexibility index (Phi) is 7.86. The van der Waals surface area contributed by atoms with Crippen LogP contribution < -0.4 is 9.73 Å². The first kappa shape index (κ1) is 22.7. The van der Waals surface area contributed by atoms with Crippen molar-refractivity contribution in [3.63, 3.8) is 0 Å². The number of aromatic nitrogens is 1. The van der Waals surface area contributed by atoms with Gasteiger partial charge in [-0.05, 0) is 73.8 Å². The topological polar surface area (TPSA) is 56.4 Å². The van der Waals surface area contributed by atoms with E-state index in [9.17, 15) is 4.79 Å². The lowest BCUT2D eigenvalue weighted by atomic mass is 10.1. The number of likely N-dealkylation sites (tertiary alicyclic amines) is 1. The Hall–Kier alpha value is -3.46. The zero-order chi connectivity index (χ0) is 22.9. The highest BCUT2D eigenvalue weighted by atomic mass is 35.5. The van der Waals surface area contributed by atoms with Crippen molar-refractivity contribution in [2.45, 2.75) is 12.8 Å². The zero-order valence-electron chi connectivity index (χ0n) is 18.3. The van der Waals surface area contributed by atoms with Gasteiger partial charge in [0.15, 0.2) is 6.21 Å². The molecule has 1 aromatic heterocycles. The molecule has 1 aliphatic heterocycles. The van der Waals surface area contributed by atoms with Gasteiger partial charge in [-0.15, -0.1) is 0 Å². The van der Waals surface area contributed by atoms with Crippen LogP contribution in [0.3, 0.4) is 0 Å². The average molecular weight is 459 g/mol. The van der Waals surface area contributed by atoms with Crippen LogP contribution in [0.5, 0.6) is 5.75 Å². The standard InChI is InChI=1S/C27H24ClN3O2/c28-25-8-5-22(6-9-25)23-7-11-26(30-19-23)10-3-21-4-12-27(24(17-21)18-29-20-32)33-16-15-31-13-1-2-14-31/h4-9,11-12,17-20H,1-2,13-16H2/p+1. The maximum Gasteiger partial charge on any atom is 0.373 e. The molecule has 6 heteroatoms. The maximum absolute atomic E-state index is 10.8. The first-order valence-corrected chi connectivity index (χ1v) is 11.4. The van der Waals surface area contributed by atoms with Crippen LogP contribution in [0, 0.1) is 11.8 Å². The number of pyridine rings is 1. The summed E-state index contributed by atoms with van der Waals surface area (Å²) in [4.78, 5) is 20.2. The van der Waals surface area contributed by atoms with Crippen molar-refractivity contribution in [1.82, 2.24) is 9.88 Å². The van der Waals surface area contributed by atoms with Crippen molar-refractivity contribution in [1.29, 1.82) is 0 Å². The Balaban J connectivity index is 1.45. The second kappa shape index (κ2) is 11.4. The molecule has 0 bridgehead atoms. The molecule has 0 aliphatic carbocycles. The molecule has 3 aromatic rings. The summed E-state index contributed by atoms with van der Waals surface area (Å²) in [6.45, 7) is 3.78. The number of nitrogens with one attached hydrogen (secondary N) is 1. The van der Waals surface area contributed by atoms with Gasteiger partial charge in [-0.3, -0.25) is 4.90 Å². The Labute approximate surface area is 199 Å². The second-order valence-electron chi connectivity index (χ2n) is 7.77. The third-order valence-corrected chi connectivity index (χ3v) is 5.71. The van der Waals surface area contributed by atoms with Crippen molar-refractivity contribution in [3.05, 3.63) is 82.6 Å². The van der Waals surface area contributed by atoms with Gasteiger partial charge in [-0.2, -0.15) is 4.99 Å². The molecule has 0 spiro atoms. The highest BCUT2D eigenvalue weighted by Gasteiger charge is 2.12. The van der Waals surface area contributed by atoms with E-state index in [0.717, 1.165) is 47.6 Å². The molecule has 0 unspecified atom stereocenters. The van der Waals surface area contributed by atoms with E-state index in [2.05, 4.69) is 26.7 Å². The highest BCUT2D eigenvalue weighted by molar-refractivity contribution is 6.30. The Morgan fingerprint density at radius 3 is 2.55 bits per heavy atom. The molecule has 33 heavy (non-hydrogen) atoms. The number of amides is 1. The van der Waals surface area contributed by atoms with E-state index in [1.165, 1.54) is 12.8 Å². The number of carbonyl (C=O) groups is 1. The summed E-state index contributed by atoms with van der Waals surface area (Å²) in [5, 5.41) is 0.706. The summed E-state index contributed by atoms with van der Waals surface area (Å²) < 4.78 is 5.98. The van der Waals surface area contributed by atoms with Gasteiger partial charge in [0.1, 0.15) is 18.1 Å². The fourth-order valence-electron chi connectivity index (χ4n) is 3.70. The lowest BCUT2D eigenvalue weighted by molar-refractivity contribution is -0.352. The van der Waals surface area contributed by atoms with Crippen LogP contribution >= 0.6 is 11.6 Å². The number of ether oxygens (including phenoxy) is 1. The number of carbonyl (C=O) groups excluding carboxylic acids is 1. The molecule has 166 valence electrons. The molecule has 2 heterocycles. The number of hydrogen-bond acceptors (Lipinski definition) is 4. The number of benzene rings is 2. The monoisotopic (exact) mass is 458 g/mol. The molecule has 1 N–H and O–H groups in total. The van der Waals surface area contributed by atoms with Crippen molar-refractivity contribution < 1.29 is 14.5 Å². The number of hydrogen-bond donors (Lipinski definition) is 1. The fourth-order valence-corrected chi connectivity index (χ4v) is 3.83. The number of halogens is 1. The van der Waals surface area contributed by atoms with E-state index in [4.69, 9.17) is 16.3 Å². The fraction of sp³-hybridized carbons (Fsp3) is 0.222. The van der Waals surface area contributed by atoms with Gasteiger partial charge in [0.25, 0.3) is 0 Å². The average Bonchev–Trinajstić information content (AvgIpc) is 3.37. The third kappa shape index (κ3) is 6.52.